The van der Waals surface area contributed by atoms with Gasteiger partial charge >= 0.3 is 5.97 Å². The summed E-state index contributed by atoms with van der Waals surface area (Å²) in [5.41, 5.74) is 0. The Hall–Kier alpha value is -1.14. The third-order valence-corrected chi connectivity index (χ3v) is 3.38. The zero-order chi connectivity index (χ0) is 12.3. The first kappa shape index (κ1) is 12.3. The Morgan fingerprint density at radius 2 is 1.94 bits per heavy atom. The predicted octanol–water partition coefficient (Wildman–Crippen LogP) is -0.702. The number of morpholine rings is 1. The number of ether oxygens (including phenoxy) is 1. The highest BCUT2D eigenvalue weighted by Gasteiger charge is 2.32. The lowest BCUT2D eigenvalue weighted by Gasteiger charge is -2.33. The van der Waals surface area contributed by atoms with Gasteiger partial charge in [-0.2, -0.15) is 0 Å². The number of piperidine rings is 1. The van der Waals surface area contributed by atoms with Crippen molar-refractivity contribution in [3.8, 4) is 0 Å². The number of nitrogens with one attached hydrogen (secondary N) is 1. The van der Waals surface area contributed by atoms with E-state index in [0.717, 1.165) is 0 Å². The molecule has 2 atom stereocenters. The minimum Gasteiger partial charge on any atom is -0.480 e. The molecule has 1 amide bonds. The highest BCUT2D eigenvalue weighted by atomic mass is 16.5. The van der Waals surface area contributed by atoms with Crippen molar-refractivity contribution in [2.24, 2.45) is 5.92 Å². The molecule has 2 N–H and O–H groups in total. The van der Waals surface area contributed by atoms with Crippen LogP contribution in [0.15, 0.2) is 0 Å². The van der Waals surface area contributed by atoms with Crippen molar-refractivity contribution in [2.45, 2.75) is 18.9 Å². The van der Waals surface area contributed by atoms with Crippen LogP contribution in [0.4, 0.5) is 0 Å². The molecule has 0 spiro atoms. The highest BCUT2D eigenvalue weighted by Crippen LogP contribution is 2.17. The largest absolute Gasteiger partial charge is 0.480 e. The van der Waals surface area contributed by atoms with E-state index in [2.05, 4.69) is 5.32 Å². The Balaban J connectivity index is 1.83. The second kappa shape index (κ2) is 5.46. The predicted molar refractivity (Wildman–Crippen MR) is 59.5 cm³/mol. The van der Waals surface area contributed by atoms with Gasteiger partial charge in [-0.3, -0.25) is 9.59 Å². The smallest absolute Gasteiger partial charge is 0.320 e. The number of rotatable bonds is 2. The lowest BCUT2D eigenvalue weighted by molar-refractivity contribution is -0.144. The minimum atomic E-state index is -0.831. The van der Waals surface area contributed by atoms with Crippen molar-refractivity contribution < 1.29 is 19.4 Å². The third kappa shape index (κ3) is 2.95. The summed E-state index contributed by atoms with van der Waals surface area (Å²) in [7, 11) is 0. The number of carboxylic acid groups (broad SMARTS) is 1. The number of aliphatic carboxylic acids is 1. The van der Waals surface area contributed by atoms with E-state index in [4.69, 9.17) is 9.84 Å². The summed E-state index contributed by atoms with van der Waals surface area (Å²) in [6, 6.07) is -0.497. The second-order valence-electron chi connectivity index (χ2n) is 4.51. The van der Waals surface area contributed by atoms with Gasteiger partial charge in [0.2, 0.25) is 5.91 Å². The van der Waals surface area contributed by atoms with Gasteiger partial charge in [-0.1, -0.05) is 0 Å². The summed E-state index contributed by atoms with van der Waals surface area (Å²) in [6.07, 6.45) is 1.18. The van der Waals surface area contributed by atoms with E-state index in [0.29, 0.717) is 45.7 Å². The summed E-state index contributed by atoms with van der Waals surface area (Å²) in [6.45, 7) is 2.97. The molecule has 0 bridgehead atoms. The summed E-state index contributed by atoms with van der Waals surface area (Å²) >= 11 is 0. The average molecular weight is 242 g/mol. The lowest BCUT2D eigenvalue weighted by atomic mass is 9.93. The van der Waals surface area contributed by atoms with Gasteiger partial charge in [0.15, 0.2) is 0 Å². The molecule has 0 aromatic heterocycles. The van der Waals surface area contributed by atoms with Crippen LogP contribution in [0, 0.1) is 5.92 Å². The van der Waals surface area contributed by atoms with Crippen LogP contribution in [0.2, 0.25) is 0 Å². The van der Waals surface area contributed by atoms with Crippen LogP contribution in [0.1, 0.15) is 12.8 Å². The first-order chi connectivity index (χ1) is 8.18. The molecule has 2 aliphatic heterocycles. The number of amides is 1. The highest BCUT2D eigenvalue weighted by molar-refractivity contribution is 5.80. The number of carbonyl (C=O) groups excluding carboxylic acids is 1. The van der Waals surface area contributed by atoms with Gasteiger partial charge in [-0.25, -0.2) is 0 Å². The van der Waals surface area contributed by atoms with Crippen LogP contribution in [0.25, 0.3) is 0 Å². The average Bonchev–Trinajstić information content (AvgIpc) is 2.39. The summed E-state index contributed by atoms with van der Waals surface area (Å²) < 4.78 is 5.20. The molecule has 0 radical (unpaired) electrons. The normalized spacial score (nSPS) is 30.0. The molecule has 0 aliphatic carbocycles. The van der Waals surface area contributed by atoms with Gasteiger partial charge < -0.3 is 20.1 Å². The third-order valence-electron chi connectivity index (χ3n) is 3.38. The van der Waals surface area contributed by atoms with Crippen LogP contribution >= 0.6 is 0 Å². The van der Waals surface area contributed by atoms with Gasteiger partial charge in [-0.05, 0) is 12.8 Å². The number of hydrogen-bond donors (Lipinski definition) is 2. The zero-order valence-electron chi connectivity index (χ0n) is 9.72. The molecule has 6 nitrogen and oxygen atoms in total. The Kier molecular flexibility index (Phi) is 3.96. The van der Waals surface area contributed by atoms with Crippen LogP contribution in [-0.4, -0.2) is 60.8 Å². The van der Waals surface area contributed by atoms with Gasteiger partial charge in [0.05, 0.1) is 19.1 Å². The van der Waals surface area contributed by atoms with E-state index in [1.165, 1.54) is 0 Å². The summed E-state index contributed by atoms with van der Waals surface area (Å²) in [5, 5.41) is 11.7. The molecule has 2 rings (SSSR count). The van der Waals surface area contributed by atoms with Gasteiger partial charge in [0.25, 0.3) is 0 Å². The quantitative estimate of drug-likeness (QED) is 0.669. The van der Waals surface area contributed by atoms with E-state index in [1.807, 2.05) is 4.90 Å². The molecule has 17 heavy (non-hydrogen) atoms. The molecule has 0 saturated carbocycles. The van der Waals surface area contributed by atoms with E-state index in [-0.39, 0.29) is 11.8 Å². The molecule has 2 saturated heterocycles. The minimum absolute atomic E-state index is 0.0799. The maximum absolute atomic E-state index is 12.1. The Bertz CT molecular complexity index is 294. The summed E-state index contributed by atoms with van der Waals surface area (Å²) in [4.78, 5) is 24.7. The molecule has 2 fully saturated rings. The fraction of sp³-hybridized carbons (Fsp3) is 0.818. The Labute approximate surface area is 99.9 Å². The van der Waals surface area contributed by atoms with Crippen molar-refractivity contribution in [1.29, 1.82) is 0 Å². The van der Waals surface area contributed by atoms with Crippen LogP contribution < -0.4 is 5.32 Å². The SMILES string of the molecule is O=C(O)C1CCC(C(=O)N2CCOCC2)CN1. The fourth-order valence-corrected chi connectivity index (χ4v) is 2.32. The standard InChI is InChI=1S/C11H18N2O4/c14-10(13-3-5-17-6-4-13)8-1-2-9(11(15)16)12-7-8/h8-9,12H,1-7H2,(H,15,16). The molecule has 2 unspecified atom stereocenters. The van der Waals surface area contributed by atoms with Gasteiger partial charge in [0, 0.05) is 19.6 Å². The van der Waals surface area contributed by atoms with Crippen LogP contribution in [0.3, 0.4) is 0 Å². The molecule has 2 aliphatic rings. The molecule has 2 heterocycles. The van der Waals surface area contributed by atoms with Crippen LogP contribution in [0.5, 0.6) is 0 Å². The van der Waals surface area contributed by atoms with Gasteiger partial charge in [0.1, 0.15) is 6.04 Å². The Morgan fingerprint density at radius 3 is 2.47 bits per heavy atom. The zero-order valence-corrected chi connectivity index (χ0v) is 9.72. The van der Waals surface area contributed by atoms with Crippen LogP contribution in [-0.2, 0) is 14.3 Å². The van der Waals surface area contributed by atoms with Crippen molar-refractivity contribution in [3.05, 3.63) is 0 Å². The number of hydrogen-bond acceptors (Lipinski definition) is 4. The van der Waals surface area contributed by atoms with E-state index in [9.17, 15) is 9.59 Å². The maximum atomic E-state index is 12.1. The molecule has 96 valence electrons. The first-order valence-corrected chi connectivity index (χ1v) is 6.01. The molecule has 0 aromatic carbocycles. The first-order valence-electron chi connectivity index (χ1n) is 6.01. The number of carbonyl (C=O) groups is 2. The monoisotopic (exact) mass is 242 g/mol. The Morgan fingerprint density at radius 1 is 1.24 bits per heavy atom. The van der Waals surface area contributed by atoms with E-state index in [1.54, 1.807) is 0 Å². The van der Waals surface area contributed by atoms with Crippen molar-refractivity contribution in [2.75, 3.05) is 32.8 Å². The summed E-state index contributed by atoms with van der Waals surface area (Å²) in [5.74, 6) is -0.782. The van der Waals surface area contributed by atoms with E-state index < -0.39 is 12.0 Å². The molecular formula is C11H18N2O4. The topological polar surface area (TPSA) is 78.9 Å². The molecular weight excluding hydrogens is 224 g/mol. The van der Waals surface area contributed by atoms with Crippen molar-refractivity contribution in [1.82, 2.24) is 10.2 Å². The molecule has 0 aromatic rings. The van der Waals surface area contributed by atoms with Crippen molar-refractivity contribution >= 4 is 11.9 Å². The van der Waals surface area contributed by atoms with E-state index >= 15 is 0 Å². The second-order valence-corrected chi connectivity index (χ2v) is 4.51. The number of carboxylic acids is 1. The molecule has 6 heteroatoms. The lowest BCUT2D eigenvalue weighted by Crippen LogP contribution is -2.51. The van der Waals surface area contributed by atoms with Crippen molar-refractivity contribution in [3.63, 3.8) is 0 Å². The maximum Gasteiger partial charge on any atom is 0.320 e. The van der Waals surface area contributed by atoms with Gasteiger partial charge in [-0.15, -0.1) is 0 Å². The fourth-order valence-electron chi connectivity index (χ4n) is 2.32. The number of nitrogens with zero attached hydrogens (tertiary/aromatic N) is 1.